The highest BCUT2D eigenvalue weighted by Crippen LogP contribution is 2.27. The van der Waals surface area contributed by atoms with Crippen LogP contribution in [-0.4, -0.2) is 50.0 Å². The first-order chi connectivity index (χ1) is 14.7. The molecular formula is C23H33N3O4S. The van der Waals surface area contributed by atoms with Gasteiger partial charge in [-0.25, -0.2) is 8.42 Å². The fraction of sp³-hybridized carbons (Fsp3) is 0.435. The fourth-order valence-corrected chi connectivity index (χ4v) is 4.65. The number of ether oxygens (including phenoxy) is 1. The maximum atomic E-state index is 13.4. The number of phenolic OH excluding ortho intramolecular Hbond substituents is 1. The number of sulfonamides is 1. The molecule has 0 bridgehead atoms. The second kappa shape index (κ2) is 11.3. The van der Waals surface area contributed by atoms with Crippen molar-refractivity contribution in [2.75, 3.05) is 26.3 Å². The molecule has 2 aromatic rings. The Hall–Kier alpha value is -2.42. The van der Waals surface area contributed by atoms with Gasteiger partial charge in [-0.05, 0) is 48.1 Å². The minimum Gasteiger partial charge on any atom is -0.507 e. The lowest BCUT2D eigenvalue weighted by atomic mass is 10.0. The number of benzene rings is 2. The van der Waals surface area contributed by atoms with Crippen molar-refractivity contribution in [1.82, 2.24) is 4.31 Å². The molecule has 31 heavy (non-hydrogen) atoms. The van der Waals surface area contributed by atoms with E-state index in [9.17, 15) is 13.5 Å². The molecule has 0 radical (unpaired) electrons. The summed E-state index contributed by atoms with van der Waals surface area (Å²) in [5.74, 6) is -0.205. The monoisotopic (exact) mass is 447 g/mol. The van der Waals surface area contributed by atoms with Crippen molar-refractivity contribution in [2.24, 2.45) is 5.73 Å². The summed E-state index contributed by atoms with van der Waals surface area (Å²) >= 11 is 0. The number of hydrogen-bond acceptors (Lipinski definition) is 5. The van der Waals surface area contributed by atoms with Crippen LogP contribution in [0.3, 0.4) is 0 Å². The zero-order chi connectivity index (χ0) is 23.0. The van der Waals surface area contributed by atoms with Crippen LogP contribution in [0.5, 0.6) is 5.75 Å². The van der Waals surface area contributed by atoms with Crippen molar-refractivity contribution in [3.05, 3.63) is 59.2 Å². The van der Waals surface area contributed by atoms with Gasteiger partial charge in [0.2, 0.25) is 10.0 Å². The Morgan fingerprint density at radius 3 is 2.39 bits per heavy atom. The Kier molecular flexibility index (Phi) is 9.03. The Bertz CT molecular complexity index is 973. The van der Waals surface area contributed by atoms with Crippen LogP contribution in [0, 0.1) is 5.41 Å². The molecule has 4 N–H and O–H groups in total. The molecule has 7 nitrogen and oxygen atoms in total. The maximum Gasteiger partial charge on any atom is 0.246 e. The zero-order valence-electron chi connectivity index (χ0n) is 18.5. The number of nitrogen functional groups attached to an aromatic ring is 1. The number of hydrogen-bond donors (Lipinski definition) is 3. The van der Waals surface area contributed by atoms with Gasteiger partial charge in [-0.15, -0.1) is 0 Å². The summed E-state index contributed by atoms with van der Waals surface area (Å²) in [6, 6.07) is 12.1. The van der Waals surface area contributed by atoms with Gasteiger partial charge in [0.25, 0.3) is 0 Å². The van der Waals surface area contributed by atoms with Gasteiger partial charge in [0.1, 0.15) is 16.5 Å². The summed E-state index contributed by atoms with van der Waals surface area (Å²) in [6.45, 7) is 7.45. The average molecular weight is 448 g/mol. The van der Waals surface area contributed by atoms with Gasteiger partial charge in [-0.1, -0.05) is 45.0 Å². The summed E-state index contributed by atoms with van der Waals surface area (Å²) in [5.41, 5.74) is 8.00. The highest BCUT2D eigenvalue weighted by atomic mass is 32.2. The number of phenols is 1. The number of nitrogens with zero attached hydrogens (tertiary/aromatic N) is 1. The molecule has 2 rings (SSSR count). The second-order valence-corrected chi connectivity index (χ2v) is 9.67. The van der Waals surface area contributed by atoms with Gasteiger partial charge in [0.05, 0.1) is 6.61 Å². The summed E-state index contributed by atoms with van der Waals surface area (Å²) in [6.07, 6.45) is 1.37. The van der Waals surface area contributed by atoms with Crippen molar-refractivity contribution in [3.8, 4) is 5.75 Å². The zero-order valence-corrected chi connectivity index (χ0v) is 19.3. The van der Waals surface area contributed by atoms with Gasteiger partial charge in [0, 0.05) is 25.3 Å². The fourth-order valence-electron chi connectivity index (χ4n) is 3.12. The van der Waals surface area contributed by atoms with E-state index in [0.29, 0.717) is 18.9 Å². The van der Waals surface area contributed by atoms with E-state index in [1.54, 1.807) is 0 Å². The smallest absolute Gasteiger partial charge is 0.246 e. The van der Waals surface area contributed by atoms with Gasteiger partial charge < -0.3 is 15.6 Å². The molecule has 170 valence electrons. The van der Waals surface area contributed by atoms with E-state index in [2.05, 4.69) is 26.0 Å². The van der Waals surface area contributed by atoms with E-state index in [1.807, 2.05) is 19.1 Å². The largest absolute Gasteiger partial charge is 0.507 e. The van der Waals surface area contributed by atoms with Crippen LogP contribution in [0.15, 0.2) is 47.4 Å². The van der Waals surface area contributed by atoms with E-state index in [4.69, 9.17) is 15.9 Å². The molecule has 0 aliphatic carbocycles. The first-order valence-electron chi connectivity index (χ1n) is 10.5. The SMILES string of the molecule is CCCOCCN(CCc1ccc(C(C)C)cc1)S(=O)(=O)c1cc(C(=N)N)ccc1O. The van der Waals surface area contributed by atoms with E-state index >= 15 is 0 Å². The topological polar surface area (TPSA) is 117 Å². The van der Waals surface area contributed by atoms with Crippen LogP contribution in [0.2, 0.25) is 0 Å². The van der Waals surface area contributed by atoms with E-state index in [-0.39, 0.29) is 41.7 Å². The standard InChI is InChI=1S/C23H33N3O4S/c1-4-14-30-15-13-26(12-11-18-5-7-19(8-6-18)17(2)3)31(28,29)22-16-20(23(24)25)9-10-21(22)27/h5-10,16-17,27H,4,11-15H2,1-3H3,(H3,24,25). The first-order valence-corrected chi connectivity index (χ1v) is 11.9. The van der Waals surface area contributed by atoms with E-state index in [1.165, 1.54) is 28.1 Å². The molecule has 0 aliphatic rings. The van der Waals surface area contributed by atoms with Crippen LogP contribution >= 0.6 is 0 Å². The molecule has 0 aromatic heterocycles. The Morgan fingerprint density at radius 2 is 1.81 bits per heavy atom. The number of rotatable bonds is 12. The molecule has 0 spiro atoms. The van der Waals surface area contributed by atoms with Crippen molar-refractivity contribution in [2.45, 2.75) is 44.4 Å². The summed E-state index contributed by atoms with van der Waals surface area (Å²) in [5, 5.41) is 17.8. The predicted molar refractivity (Wildman–Crippen MR) is 123 cm³/mol. The molecule has 0 aliphatic heterocycles. The molecular weight excluding hydrogens is 414 g/mol. The molecule has 0 atom stereocenters. The molecule has 0 amide bonds. The number of nitrogens with two attached hydrogens (primary N) is 1. The molecule has 8 heteroatoms. The number of nitrogens with one attached hydrogen (secondary N) is 1. The highest BCUT2D eigenvalue weighted by Gasteiger charge is 2.27. The minimum absolute atomic E-state index is 0.163. The summed E-state index contributed by atoms with van der Waals surface area (Å²) in [4.78, 5) is -0.258. The highest BCUT2D eigenvalue weighted by molar-refractivity contribution is 7.89. The summed E-state index contributed by atoms with van der Waals surface area (Å²) in [7, 11) is -4.02. The van der Waals surface area contributed by atoms with Crippen LogP contribution in [0.25, 0.3) is 0 Å². The number of amidine groups is 1. The van der Waals surface area contributed by atoms with Gasteiger partial charge in [-0.3, -0.25) is 5.41 Å². The quantitative estimate of drug-likeness (QED) is 0.262. The third-order valence-corrected chi connectivity index (χ3v) is 6.95. The molecule has 0 unspecified atom stereocenters. The second-order valence-electron chi connectivity index (χ2n) is 7.76. The molecule has 0 fully saturated rings. The molecule has 2 aromatic carbocycles. The lowest BCUT2D eigenvalue weighted by Crippen LogP contribution is -2.36. The Labute approximate surface area is 185 Å². The average Bonchev–Trinajstić information content (AvgIpc) is 2.73. The maximum absolute atomic E-state index is 13.4. The molecule has 0 heterocycles. The van der Waals surface area contributed by atoms with Crippen LogP contribution in [-0.2, 0) is 21.2 Å². The van der Waals surface area contributed by atoms with Gasteiger partial charge >= 0.3 is 0 Å². The van der Waals surface area contributed by atoms with Crippen LogP contribution in [0.4, 0.5) is 0 Å². The van der Waals surface area contributed by atoms with Gasteiger partial charge in [-0.2, -0.15) is 4.31 Å². The molecule has 0 saturated heterocycles. The lowest BCUT2D eigenvalue weighted by molar-refractivity contribution is 0.123. The third kappa shape index (κ3) is 6.78. The van der Waals surface area contributed by atoms with Crippen molar-refractivity contribution in [3.63, 3.8) is 0 Å². The first kappa shape index (κ1) is 24.8. The summed E-state index contributed by atoms with van der Waals surface area (Å²) < 4.78 is 33.5. The molecule has 0 saturated carbocycles. The van der Waals surface area contributed by atoms with E-state index < -0.39 is 10.0 Å². The van der Waals surface area contributed by atoms with Crippen molar-refractivity contribution < 1.29 is 18.3 Å². The minimum atomic E-state index is -4.02. The van der Waals surface area contributed by atoms with Crippen molar-refractivity contribution in [1.29, 1.82) is 5.41 Å². The van der Waals surface area contributed by atoms with Crippen molar-refractivity contribution >= 4 is 15.9 Å². The van der Waals surface area contributed by atoms with Gasteiger partial charge in [0.15, 0.2) is 0 Å². The van der Waals surface area contributed by atoms with Crippen LogP contribution < -0.4 is 5.73 Å². The Balaban J connectivity index is 2.27. The Morgan fingerprint density at radius 1 is 1.13 bits per heavy atom. The van der Waals surface area contributed by atoms with Crippen LogP contribution in [0.1, 0.15) is 49.8 Å². The predicted octanol–water partition coefficient (Wildman–Crippen LogP) is 3.46. The lowest BCUT2D eigenvalue weighted by Gasteiger charge is -2.23. The number of aromatic hydroxyl groups is 1. The normalized spacial score (nSPS) is 11.9. The third-order valence-electron chi connectivity index (χ3n) is 5.02. The van der Waals surface area contributed by atoms with E-state index in [0.717, 1.165) is 12.0 Å².